The molecule has 20 heavy (non-hydrogen) atoms. The van der Waals surface area contributed by atoms with Gasteiger partial charge in [0.2, 0.25) is 5.88 Å². The highest BCUT2D eigenvalue weighted by Gasteiger charge is 2.43. The van der Waals surface area contributed by atoms with Crippen molar-refractivity contribution < 1.29 is 23.0 Å². The highest BCUT2D eigenvalue weighted by atomic mass is 19.3. The van der Waals surface area contributed by atoms with Gasteiger partial charge in [-0.2, -0.15) is 0 Å². The van der Waals surface area contributed by atoms with E-state index in [2.05, 4.69) is 14.5 Å². The normalized spacial score (nSPS) is 16.8. The fourth-order valence-electron chi connectivity index (χ4n) is 1.88. The summed E-state index contributed by atoms with van der Waals surface area (Å²) in [5, 5.41) is 0. The van der Waals surface area contributed by atoms with Gasteiger partial charge >= 0.3 is 6.29 Å². The molecule has 1 atom stereocenters. The van der Waals surface area contributed by atoms with Gasteiger partial charge in [0.05, 0.1) is 0 Å². The zero-order valence-electron chi connectivity index (χ0n) is 10.5. The standard InChI is InChI=1S/C14H11F2NO3/c1-9(18-13-4-2-3-7-17-13)10-5-6-11-12(8-10)20-14(15,16)19-11/h2-9H,1H3/t9-/m0/s1. The van der Waals surface area contributed by atoms with E-state index in [-0.39, 0.29) is 17.6 Å². The minimum Gasteiger partial charge on any atom is -0.470 e. The van der Waals surface area contributed by atoms with E-state index in [1.165, 1.54) is 12.1 Å². The van der Waals surface area contributed by atoms with E-state index in [4.69, 9.17) is 4.74 Å². The van der Waals surface area contributed by atoms with E-state index in [0.717, 1.165) is 0 Å². The van der Waals surface area contributed by atoms with Crippen molar-refractivity contribution >= 4 is 0 Å². The topological polar surface area (TPSA) is 40.6 Å². The van der Waals surface area contributed by atoms with Crippen LogP contribution in [0.5, 0.6) is 17.4 Å². The van der Waals surface area contributed by atoms with Gasteiger partial charge in [-0.3, -0.25) is 0 Å². The molecule has 0 saturated heterocycles. The van der Waals surface area contributed by atoms with Gasteiger partial charge in [0.15, 0.2) is 11.5 Å². The first kappa shape index (κ1) is 12.7. The molecule has 0 radical (unpaired) electrons. The summed E-state index contributed by atoms with van der Waals surface area (Å²) in [6, 6.07) is 9.86. The third kappa shape index (κ3) is 2.49. The van der Waals surface area contributed by atoms with E-state index < -0.39 is 6.29 Å². The van der Waals surface area contributed by atoms with E-state index >= 15 is 0 Å². The Balaban J connectivity index is 1.79. The van der Waals surface area contributed by atoms with E-state index in [1.807, 2.05) is 0 Å². The number of hydrogen-bond donors (Lipinski definition) is 0. The Morgan fingerprint density at radius 2 is 1.95 bits per heavy atom. The van der Waals surface area contributed by atoms with Crippen molar-refractivity contribution in [2.75, 3.05) is 0 Å². The van der Waals surface area contributed by atoms with Crippen molar-refractivity contribution in [3.63, 3.8) is 0 Å². The van der Waals surface area contributed by atoms with Crippen LogP contribution in [0.15, 0.2) is 42.6 Å². The van der Waals surface area contributed by atoms with Crippen molar-refractivity contribution in [3.8, 4) is 17.4 Å². The lowest BCUT2D eigenvalue weighted by Gasteiger charge is -2.14. The molecule has 0 N–H and O–H groups in total. The number of alkyl halides is 2. The van der Waals surface area contributed by atoms with Crippen LogP contribution in [0.2, 0.25) is 0 Å². The molecule has 1 aliphatic rings. The molecule has 1 aromatic heterocycles. The molecular formula is C14H11F2NO3. The van der Waals surface area contributed by atoms with Gasteiger partial charge in [0.1, 0.15) is 6.10 Å². The number of aromatic nitrogens is 1. The number of ether oxygens (including phenoxy) is 3. The Morgan fingerprint density at radius 3 is 2.70 bits per heavy atom. The molecule has 6 heteroatoms. The Hall–Kier alpha value is -2.37. The molecule has 0 amide bonds. The number of fused-ring (bicyclic) bond motifs is 1. The summed E-state index contributed by atoms with van der Waals surface area (Å²) in [5.74, 6) is 0.482. The second-order valence-electron chi connectivity index (χ2n) is 4.30. The smallest absolute Gasteiger partial charge is 0.470 e. The number of halogens is 2. The SMILES string of the molecule is C[C@H](Oc1ccccn1)c1ccc2c(c1)OC(F)(F)O2. The quantitative estimate of drug-likeness (QED) is 0.861. The molecule has 2 aromatic rings. The Labute approximate surface area is 113 Å². The summed E-state index contributed by atoms with van der Waals surface area (Å²) >= 11 is 0. The monoisotopic (exact) mass is 279 g/mol. The maximum absolute atomic E-state index is 12.9. The Bertz CT molecular complexity index is 619. The van der Waals surface area contributed by atoms with Crippen LogP contribution in [-0.4, -0.2) is 11.3 Å². The van der Waals surface area contributed by atoms with Gasteiger partial charge in [-0.1, -0.05) is 12.1 Å². The summed E-state index contributed by atoms with van der Waals surface area (Å²) in [7, 11) is 0. The zero-order valence-corrected chi connectivity index (χ0v) is 10.5. The lowest BCUT2D eigenvalue weighted by molar-refractivity contribution is -0.286. The molecule has 1 aliphatic heterocycles. The van der Waals surface area contributed by atoms with Gasteiger partial charge in [0.25, 0.3) is 0 Å². The van der Waals surface area contributed by atoms with Crippen LogP contribution in [0.1, 0.15) is 18.6 Å². The average Bonchev–Trinajstić information content (AvgIpc) is 2.72. The van der Waals surface area contributed by atoms with Crippen molar-refractivity contribution in [1.82, 2.24) is 4.98 Å². The summed E-state index contributed by atoms with van der Waals surface area (Å²) < 4.78 is 40.2. The molecule has 3 rings (SSSR count). The van der Waals surface area contributed by atoms with Crippen LogP contribution in [0.25, 0.3) is 0 Å². The van der Waals surface area contributed by atoms with Crippen LogP contribution in [-0.2, 0) is 0 Å². The minimum absolute atomic E-state index is 0.00368. The molecule has 2 heterocycles. The Morgan fingerprint density at radius 1 is 1.15 bits per heavy atom. The Kier molecular flexibility index (Phi) is 2.93. The number of nitrogens with zero attached hydrogens (tertiary/aromatic N) is 1. The molecular weight excluding hydrogens is 268 g/mol. The van der Waals surface area contributed by atoms with Gasteiger partial charge < -0.3 is 14.2 Å². The van der Waals surface area contributed by atoms with Crippen LogP contribution >= 0.6 is 0 Å². The van der Waals surface area contributed by atoms with Crippen LogP contribution in [0, 0.1) is 0 Å². The maximum Gasteiger partial charge on any atom is 0.586 e. The molecule has 0 aliphatic carbocycles. The highest BCUT2D eigenvalue weighted by molar-refractivity contribution is 5.45. The fourth-order valence-corrected chi connectivity index (χ4v) is 1.88. The summed E-state index contributed by atoms with van der Waals surface area (Å²) in [6.45, 7) is 1.80. The first-order valence-corrected chi connectivity index (χ1v) is 6.01. The van der Waals surface area contributed by atoms with Gasteiger partial charge in [-0.25, -0.2) is 4.98 Å². The van der Waals surface area contributed by atoms with Crippen molar-refractivity contribution in [2.24, 2.45) is 0 Å². The van der Waals surface area contributed by atoms with Crippen LogP contribution in [0.3, 0.4) is 0 Å². The summed E-state index contributed by atoms with van der Waals surface area (Å²) in [4.78, 5) is 4.04. The molecule has 0 unspecified atom stereocenters. The molecule has 1 aromatic carbocycles. The van der Waals surface area contributed by atoms with Gasteiger partial charge in [-0.05, 0) is 30.7 Å². The maximum atomic E-state index is 12.9. The second-order valence-corrected chi connectivity index (χ2v) is 4.30. The van der Waals surface area contributed by atoms with Gasteiger partial charge in [-0.15, -0.1) is 8.78 Å². The summed E-state index contributed by atoms with van der Waals surface area (Å²) in [6.07, 6.45) is -2.35. The lowest BCUT2D eigenvalue weighted by Crippen LogP contribution is -2.25. The largest absolute Gasteiger partial charge is 0.586 e. The van der Waals surface area contributed by atoms with Crippen molar-refractivity contribution in [3.05, 3.63) is 48.2 Å². The fraction of sp³-hybridized carbons (Fsp3) is 0.214. The second kappa shape index (κ2) is 4.63. The van der Waals surface area contributed by atoms with E-state index in [0.29, 0.717) is 11.4 Å². The predicted octanol–water partition coefficient (Wildman–Crippen LogP) is 3.54. The average molecular weight is 279 g/mol. The van der Waals surface area contributed by atoms with Gasteiger partial charge in [0, 0.05) is 12.3 Å². The zero-order chi connectivity index (χ0) is 14.2. The number of hydrogen-bond acceptors (Lipinski definition) is 4. The third-order valence-electron chi connectivity index (χ3n) is 2.83. The van der Waals surface area contributed by atoms with Crippen molar-refractivity contribution in [1.29, 1.82) is 0 Å². The first-order valence-electron chi connectivity index (χ1n) is 6.01. The molecule has 4 nitrogen and oxygen atoms in total. The molecule has 0 fully saturated rings. The van der Waals surface area contributed by atoms with Crippen LogP contribution < -0.4 is 14.2 Å². The molecule has 104 valence electrons. The highest BCUT2D eigenvalue weighted by Crippen LogP contribution is 2.42. The predicted molar refractivity (Wildman–Crippen MR) is 65.9 cm³/mol. The number of benzene rings is 1. The first-order chi connectivity index (χ1) is 9.53. The lowest BCUT2D eigenvalue weighted by atomic mass is 10.1. The number of rotatable bonds is 3. The van der Waals surface area contributed by atoms with E-state index in [9.17, 15) is 8.78 Å². The summed E-state index contributed by atoms with van der Waals surface area (Å²) in [5.41, 5.74) is 0.690. The third-order valence-corrected chi connectivity index (χ3v) is 2.83. The molecule has 0 spiro atoms. The number of pyridine rings is 1. The van der Waals surface area contributed by atoms with Crippen LogP contribution in [0.4, 0.5) is 8.78 Å². The molecule has 0 saturated carbocycles. The molecule has 0 bridgehead atoms. The van der Waals surface area contributed by atoms with Crippen molar-refractivity contribution in [2.45, 2.75) is 19.3 Å². The van der Waals surface area contributed by atoms with E-state index in [1.54, 1.807) is 37.4 Å². The minimum atomic E-state index is -3.61.